The number of nitrogens with zero attached hydrogens (tertiary/aromatic N) is 2. The molecule has 0 aliphatic rings. The summed E-state index contributed by atoms with van der Waals surface area (Å²) in [6.07, 6.45) is 0. The van der Waals surface area contributed by atoms with Crippen LogP contribution in [0.15, 0.2) is 29.1 Å². The molecule has 17 heavy (non-hydrogen) atoms. The molecule has 0 spiro atoms. The van der Waals surface area contributed by atoms with E-state index in [1.165, 1.54) is 7.11 Å². The quantitative estimate of drug-likeness (QED) is 0.795. The standard InChI is InChI=1S/C10H9N3O4/c1-17-7-4-2-3-6(5-7)13-10(16)11-8(12-13)9(14)15/h2-5H,1H3,(H,14,15)(H,11,12,16). The van der Waals surface area contributed by atoms with Crippen molar-refractivity contribution in [2.75, 3.05) is 7.11 Å². The summed E-state index contributed by atoms with van der Waals surface area (Å²) in [7, 11) is 1.50. The van der Waals surface area contributed by atoms with Crippen molar-refractivity contribution < 1.29 is 14.6 Å². The molecule has 1 aromatic heterocycles. The number of methoxy groups -OCH3 is 1. The van der Waals surface area contributed by atoms with Gasteiger partial charge in [-0.1, -0.05) is 6.07 Å². The second-order valence-corrected chi connectivity index (χ2v) is 3.20. The van der Waals surface area contributed by atoms with Crippen molar-refractivity contribution in [2.45, 2.75) is 0 Å². The molecule has 0 saturated heterocycles. The molecule has 2 rings (SSSR count). The van der Waals surface area contributed by atoms with Crippen molar-refractivity contribution in [3.63, 3.8) is 0 Å². The summed E-state index contributed by atoms with van der Waals surface area (Å²) in [4.78, 5) is 24.3. The number of H-pyrrole nitrogens is 1. The third-order valence-electron chi connectivity index (χ3n) is 2.12. The molecule has 2 aromatic rings. The van der Waals surface area contributed by atoms with Crippen LogP contribution >= 0.6 is 0 Å². The highest BCUT2D eigenvalue weighted by Crippen LogP contribution is 2.14. The number of hydrogen-bond donors (Lipinski definition) is 2. The van der Waals surface area contributed by atoms with Gasteiger partial charge in [-0.05, 0) is 12.1 Å². The van der Waals surface area contributed by atoms with E-state index in [0.29, 0.717) is 11.4 Å². The van der Waals surface area contributed by atoms with Crippen molar-refractivity contribution >= 4 is 5.97 Å². The lowest BCUT2D eigenvalue weighted by molar-refractivity contribution is 0.0683. The van der Waals surface area contributed by atoms with Gasteiger partial charge in [-0.3, -0.25) is 4.98 Å². The van der Waals surface area contributed by atoms with Gasteiger partial charge in [-0.25, -0.2) is 9.59 Å². The molecule has 0 unspecified atom stereocenters. The average molecular weight is 235 g/mol. The molecule has 0 aliphatic heterocycles. The van der Waals surface area contributed by atoms with E-state index in [1.54, 1.807) is 24.3 Å². The fraction of sp³-hybridized carbons (Fsp3) is 0.100. The molecule has 2 N–H and O–H groups in total. The van der Waals surface area contributed by atoms with Gasteiger partial charge in [0.1, 0.15) is 5.75 Å². The van der Waals surface area contributed by atoms with Crippen LogP contribution in [-0.4, -0.2) is 33.0 Å². The van der Waals surface area contributed by atoms with E-state index >= 15 is 0 Å². The van der Waals surface area contributed by atoms with E-state index in [9.17, 15) is 9.59 Å². The van der Waals surface area contributed by atoms with Gasteiger partial charge in [0.25, 0.3) is 0 Å². The van der Waals surface area contributed by atoms with E-state index in [1.807, 2.05) is 0 Å². The number of carboxylic acid groups (broad SMARTS) is 1. The molecule has 7 nitrogen and oxygen atoms in total. The summed E-state index contributed by atoms with van der Waals surface area (Å²) in [5, 5.41) is 12.3. The third kappa shape index (κ3) is 2.03. The van der Waals surface area contributed by atoms with Crippen molar-refractivity contribution in [1.82, 2.24) is 14.8 Å². The fourth-order valence-corrected chi connectivity index (χ4v) is 1.34. The number of aromatic carboxylic acids is 1. The van der Waals surface area contributed by atoms with Crippen LogP contribution in [0.2, 0.25) is 0 Å². The lowest BCUT2D eigenvalue weighted by atomic mass is 10.3. The van der Waals surface area contributed by atoms with Crippen LogP contribution in [0.25, 0.3) is 5.69 Å². The number of nitrogens with one attached hydrogen (secondary N) is 1. The second kappa shape index (κ2) is 4.12. The van der Waals surface area contributed by atoms with Crippen LogP contribution in [-0.2, 0) is 0 Å². The maximum absolute atomic E-state index is 11.5. The maximum Gasteiger partial charge on any atom is 0.373 e. The lowest BCUT2D eigenvalue weighted by Crippen LogP contribution is -2.15. The van der Waals surface area contributed by atoms with Crippen LogP contribution in [0.3, 0.4) is 0 Å². The van der Waals surface area contributed by atoms with Crippen LogP contribution in [0.1, 0.15) is 10.6 Å². The fourth-order valence-electron chi connectivity index (χ4n) is 1.34. The van der Waals surface area contributed by atoms with E-state index < -0.39 is 17.5 Å². The van der Waals surface area contributed by atoms with Gasteiger partial charge in [-0.15, -0.1) is 5.10 Å². The predicted octanol–water partition coefficient (Wildman–Crippen LogP) is 0.267. The zero-order chi connectivity index (χ0) is 12.4. The van der Waals surface area contributed by atoms with Gasteiger partial charge in [0.15, 0.2) is 0 Å². The summed E-state index contributed by atoms with van der Waals surface area (Å²) in [6, 6.07) is 6.58. The van der Waals surface area contributed by atoms with Gasteiger partial charge in [-0.2, -0.15) is 4.68 Å². The molecule has 1 aromatic carbocycles. The third-order valence-corrected chi connectivity index (χ3v) is 2.12. The smallest absolute Gasteiger partial charge is 0.373 e. The average Bonchev–Trinajstić information content (AvgIpc) is 2.72. The number of rotatable bonds is 3. The van der Waals surface area contributed by atoms with Crippen molar-refractivity contribution in [3.05, 3.63) is 40.6 Å². The first-order chi connectivity index (χ1) is 8.11. The summed E-state index contributed by atoms with van der Waals surface area (Å²) in [5.74, 6) is -1.14. The minimum atomic E-state index is -1.29. The Bertz CT molecular complexity index is 614. The van der Waals surface area contributed by atoms with E-state index in [0.717, 1.165) is 4.68 Å². The van der Waals surface area contributed by atoms with E-state index in [2.05, 4.69) is 10.1 Å². The topological polar surface area (TPSA) is 97.2 Å². The van der Waals surface area contributed by atoms with E-state index in [4.69, 9.17) is 9.84 Å². The molecular weight excluding hydrogens is 226 g/mol. The molecule has 0 amide bonds. The second-order valence-electron chi connectivity index (χ2n) is 3.20. The zero-order valence-corrected chi connectivity index (χ0v) is 8.88. The molecule has 0 aliphatic carbocycles. The Morgan fingerprint density at radius 3 is 2.88 bits per heavy atom. The van der Waals surface area contributed by atoms with Gasteiger partial charge in [0, 0.05) is 6.07 Å². The first kappa shape index (κ1) is 10.9. The molecule has 7 heteroatoms. The zero-order valence-electron chi connectivity index (χ0n) is 8.88. The highest BCUT2D eigenvalue weighted by molar-refractivity contribution is 5.82. The van der Waals surface area contributed by atoms with Crippen molar-refractivity contribution in [2.24, 2.45) is 0 Å². The Kier molecular flexibility index (Phi) is 2.65. The van der Waals surface area contributed by atoms with Crippen LogP contribution < -0.4 is 10.4 Å². The maximum atomic E-state index is 11.5. The summed E-state index contributed by atoms with van der Waals surface area (Å²) in [5.41, 5.74) is -0.186. The van der Waals surface area contributed by atoms with Crippen LogP contribution in [0.5, 0.6) is 5.75 Å². The minimum Gasteiger partial charge on any atom is -0.497 e. The Hall–Kier alpha value is -2.57. The number of aromatic nitrogens is 3. The molecule has 88 valence electrons. The number of ether oxygens (including phenoxy) is 1. The minimum absolute atomic E-state index is 0.405. The largest absolute Gasteiger partial charge is 0.497 e. The lowest BCUT2D eigenvalue weighted by Gasteiger charge is -2.02. The van der Waals surface area contributed by atoms with Gasteiger partial charge in [0.05, 0.1) is 12.8 Å². The van der Waals surface area contributed by atoms with Gasteiger partial charge >= 0.3 is 11.7 Å². The SMILES string of the molecule is COc1cccc(-n2nc(C(=O)O)[nH]c2=O)c1. The first-order valence-electron chi connectivity index (χ1n) is 4.69. The number of benzene rings is 1. The van der Waals surface area contributed by atoms with Gasteiger partial charge in [0.2, 0.25) is 5.82 Å². The normalized spacial score (nSPS) is 10.2. The Morgan fingerprint density at radius 1 is 1.53 bits per heavy atom. The molecular formula is C10H9N3O4. The molecule has 1 heterocycles. The molecule has 0 bridgehead atoms. The highest BCUT2D eigenvalue weighted by Gasteiger charge is 2.12. The van der Waals surface area contributed by atoms with E-state index in [-0.39, 0.29) is 0 Å². The summed E-state index contributed by atoms with van der Waals surface area (Å²) >= 11 is 0. The summed E-state index contributed by atoms with van der Waals surface area (Å²) in [6.45, 7) is 0. The van der Waals surface area contributed by atoms with Gasteiger partial charge < -0.3 is 9.84 Å². The first-order valence-corrected chi connectivity index (χ1v) is 4.69. The molecule has 0 atom stereocenters. The number of aromatic amines is 1. The molecule has 0 radical (unpaired) electrons. The Balaban J connectivity index is 2.52. The number of carboxylic acids is 1. The molecule has 0 fully saturated rings. The monoisotopic (exact) mass is 235 g/mol. The van der Waals surface area contributed by atoms with Crippen molar-refractivity contribution in [1.29, 1.82) is 0 Å². The number of hydrogen-bond acceptors (Lipinski definition) is 4. The van der Waals surface area contributed by atoms with Crippen LogP contribution in [0, 0.1) is 0 Å². The molecule has 0 saturated carbocycles. The number of carbonyl (C=O) groups is 1. The van der Waals surface area contributed by atoms with Crippen molar-refractivity contribution in [3.8, 4) is 11.4 Å². The Labute approximate surface area is 95.3 Å². The Morgan fingerprint density at radius 2 is 2.29 bits per heavy atom. The van der Waals surface area contributed by atoms with Crippen LogP contribution in [0.4, 0.5) is 0 Å². The highest BCUT2D eigenvalue weighted by atomic mass is 16.5. The summed E-state index contributed by atoms with van der Waals surface area (Å²) < 4.78 is 5.97. The predicted molar refractivity (Wildman–Crippen MR) is 57.7 cm³/mol.